The molecule has 0 aromatic carbocycles. The zero-order valence-corrected chi connectivity index (χ0v) is 6.06. The fourth-order valence-electron chi connectivity index (χ4n) is 0.693. The van der Waals surface area contributed by atoms with Crippen LogP contribution in [0.15, 0.2) is 37.0 Å². The van der Waals surface area contributed by atoms with Gasteiger partial charge in [0.05, 0.1) is 0 Å². The topological polar surface area (TPSA) is 0 Å². The Labute approximate surface area is 57.6 Å². The smallest absolute Gasteiger partial charge is 0.0282 e. The van der Waals surface area contributed by atoms with Gasteiger partial charge in [-0.2, -0.15) is 0 Å². The van der Waals surface area contributed by atoms with E-state index in [2.05, 4.69) is 20.1 Å². The van der Waals surface area contributed by atoms with Crippen LogP contribution in [0.1, 0.15) is 19.8 Å². The van der Waals surface area contributed by atoms with Crippen LogP contribution in [0.25, 0.3) is 0 Å². The van der Waals surface area contributed by atoms with Gasteiger partial charge in [-0.05, 0) is 12.0 Å². The SMILES string of the molecule is C=C/C=C(\C=C)CCC. The van der Waals surface area contributed by atoms with E-state index in [1.165, 1.54) is 12.0 Å². The Kier molecular flexibility index (Phi) is 4.89. The molecule has 0 heteroatoms. The lowest BCUT2D eigenvalue weighted by Gasteiger charge is -1.93. The molecular weight excluding hydrogens is 108 g/mol. The average Bonchev–Trinajstić information content (AvgIpc) is 1.88. The van der Waals surface area contributed by atoms with E-state index in [1.54, 1.807) is 6.08 Å². The summed E-state index contributed by atoms with van der Waals surface area (Å²) >= 11 is 0. The van der Waals surface area contributed by atoms with Crippen molar-refractivity contribution in [1.82, 2.24) is 0 Å². The van der Waals surface area contributed by atoms with Gasteiger partial charge < -0.3 is 0 Å². The normalized spacial score (nSPS) is 11.0. The molecule has 0 aromatic heterocycles. The molecule has 0 unspecified atom stereocenters. The van der Waals surface area contributed by atoms with E-state index in [0.29, 0.717) is 0 Å². The summed E-state index contributed by atoms with van der Waals surface area (Å²) in [6, 6.07) is 0. The fourth-order valence-corrected chi connectivity index (χ4v) is 0.693. The molecule has 9 heavy (non-hydrogen) atoms. The Morgan fingerprint density at radius 2 is 2.11 bits per heavy atom. The van der Waals surface area contributed by atoms with Gasteiger partial charge in [0.2, 0.25) is 0 Å². The van der Waals surface area contributed by atoms with Crippen LogP contribution in [-0.2, 0) is 0 Å². The molecule has 0 aliphatic rings. The zero-order chi connectivity index (χ0) is 7.11. The lowest BCUT2D eigenvalue weighted by molar-refractivity contribution is 0.927. The van der Waals surface area contributed by atoms with Crippen LogP contribution in [0.2, 0.25) is 0 Å². The van der Waals surface area contributed by atoms with Gasteiger partial charge in [-0.3, -0.25) is 0 Å². The highest BCUT2D eigenvalue weighted by Gasteiger charge is 1.84. The molecule has 50 valence electrons. The van der Waals surface area contributed by atoms with Gasteiger partial charge in [-0.15, -0.1) is 0 Å². The summed E-state index contributed by atoms with van der Waals surface area (Å²) in [4.78, 5) is 0. The third-order valence-electron chi connectivity index (χ3n) is 1.13. The highest BCUT2D eigenvalue weighted by atomic mass is 13.9. The minimum atomic E-state index is 1.11. The highest BCUT2D eigenvalue weighted by molar-refractivity contribution is 5.20. The minimum absolute atomic E-state index is 1.11. The van der Waals surface area contributed by atoms with Gasteiger partial charge in [-0.25, -0.2) is 0 Å². The summed E-state index contributed by atoms with van der Waals surface area (Å²) in [5.41, 5.74) is 1.27. The van der Waals surface area contributed by atoms with E-state index in [-0.39, 0.29) is 0 Å². The lowest BCUT2D eigenvalue weighted by atomic mass is 10.1. The van der Waals surface area contributed by atoms with Gasteiger partial charge in [0.1, 0.15) is 0 Å². The van der Waals surface area contributed by atoms with Crippen LogP contribution in [-0.4, -0.2) is 0 Å². The van der Waals surface area contributed by atoms with Gasteiger partial charge in [0.15, 0.2) is 0 Å². The van der Waals surface area contributed by atoms with Crippen molar-refractivity contribution in [3.05, 3.63) is 37.0 Å². The van der Waals surface area contributed by atoms with Crippen LogP contribution in [0.4, 0.5) is 0 Å². The van der Waals surface area contributed by atoms with E-state index in [0.717, 1.165) is 6.42 Å². The van der Waals surface area contributed by atoms with Crippen molar-refractivity contribution < 1.29 is 0 Å². The van der Waals surface area contributed by atoms with Crippen molar-refractivity contribution in [2.75, 3.05) is 0 Å². The van der Waals surface area contributed by atoms with Crippen molar-refractivity contribution in [2.24, 2.45) is 0 Å². The molecular formula is C9H14. The molecule has 0 atom stereocenters. The maximum absolute atomic E-state index is 3.68. The summed E-state index contributed by atoms with van der Waals surface area (Å²) in [6.07, 6.45) is 7.95. The predicted octanol–water partition coefficient (Wildman–Crippen LogP) is 3.08. The monoisotopic (exact) mass is 122 g/mol. The number of hydrogen-bond acceptors (Lipinski definition) is 0. The molecule has 0 fully saturated rings. The molecule has 0 bridgehead atoms. The first-order chi connectivity index (χ1) is 4.35. The molecule has 0 radical (unpaired) electrons. The van der Waals surface area contributed by atoms with Crippen molar-refractivity contribution in [3.8, 4) is 0 Å². The minimum Gasteiger partial charge on any atom is -0.0991 e. The summed E-state index contributed by atoms with van der Waals surface area (Å²) in [7, 11) is 0. The second kappa shape index (κ2) is 5.36. The Balaban J connectivity index is 3.80. The van der Waals surface area contributed by atoms with E-state index in [1.807, 2.05) is 12.2 Å². The van der Waals surface area contributed by atoms with Gasteiger partial charge in [0, 0.05) is 0 Å². The second-order valence-corrected chi connectivity index (χ2v) is 1.93. The van der Waals surface area contributed by atoms with Crippen LogP contribution in [0.3, 0.4) is 0 Å². The largest absolute Gasteiger partial charge is 0.0991 e. The third kappa shape index (κ3) is 3.77. The molecule has 0 amide bonds. The number of hydrogen-bond donors (Lipinski definition) is 0. The van der Waals surface area contributed by atoms with Crippen molar-refractivity contribution in [2.45, 2.75) is 19.8 Å². The van der Waals surface area contributed by atoms with Crippen LogP contribution >= 0.6 is 0 Å². The van der Waals surface area contributed by atoms with Gasteiger partial charge in [0.25, 0.3) is 0 Å². The standard InChI is InChI=1S/C9H14/c1-4-7-9(6-3)8-5-2/h4,6-7H,1,3,5,8H2,2H3/b9-7+. The van der Waals surface area contributed by atoms with Crippen molar-refractivity contribution in [1.29, 1.82) is 0 Å². The van der Waals surface area contributed by atoms with E-state index < -0.39 is 0 Å². The second-order valence-electron chi connectivity index (χ2n) is 1.93. The van der Waals surface area contributed by atoms with Crippen LogP contribution < -0.4 is 0 Å². The first-order valence-electron chi connectivity index (χ1n) is 3.29. The molecule has 0 aromatic rings. The highest BCUT2D eigenvalue weighted by Crippen LogP contribution is 2.04. The summed E-state index contributed by atoms with van der Waals surface area (Å²) < 4.78 is 0. The zero-order valence-electron chi connectivity index (χ0n) is 6.06. The Hall–Kier alpha value is -0.780. The average molecular weight is 122 g/mol. The number of allylic oxidation sites excluding steroid dienone is 4. The van der Waals surface area contributed by atoms with Crippen LogP contribution in [0.5, 0.6) is 0 Å². The molecule has 0 heterocycles. The maximum Gasteiger partial charge on any atom is -0.0282 e. The Morgan fingerprint density at radius 3 is 2.44 bits per heavy atom. The molecule has 0 saturated carbocycles. The lowest BCUT2D eigenvalue weighted by Crippen LogP contribution is -1.73. The van der Waals surface area contributed by atoms with Crippen molar-refractivity contribution in [3.63, 3.8) is 0 Å². The van der Waals surface area contributed by atoms with E-state index >= 15 is 0 Å². The molecule has 0 saturated heterocycles. The van der Waals surface area contributed by atoms with E-state index in [4.69, 9.17) is 0 Å². The Bertz CT molecular complexity index is 118. The predicted molar refractivity (Wildman–Crippen MR) is 43.4 cm³/mol. The molecule has 0 N–H and O–H groups in total. The molecule has 0 aliphatic carbocycles. The first kappa shape index (κ1) is 8.22. The van der Waals surface area contributed by atoms with Gasteiger partial charge >= 0.3 is 0 Å². The third-order valence-corrected chi connectivity index (χ3v) is 1.13. The number of rotatable bonds is 4. The fraction of sp³-hybridized carbons (Fsp3) is 0.333. The molecule has 0 rings (SSSR count). The molecule has 0 aliphatic heterocycles. The molecule has 0 spiro atoms. The van der Waals surface area contributed by atoms with Gasteiger partial charge in [-0.1, -0.05) is 44.7 Å². The molecule has 0 nitrogen and oxygen atoms in total. The summed E-state index contributed by atoms with van der Waals surface area (Å²) in [5, 5.41) is 0. The Morgan fingerprint density at radius 1 is 1.44 bits per heavy atom. The van der Waals surface area contributed by atoms with E-state index in [9.17, 15) is 0 Å². The van der Waals surface area contributed by atoms with Crippen LogP contribution in [0, 0.1) is 0 Å². The quantitative estimate of drug-likeness (QED) is 0.503. The summed E-state index contributed by atoms with van der Waals surface area (Å²) in [5.74, 6) is 0. The first-order valence-corrected chi connectivity index (χ1v) is 3.29. The summed E-state index contributed by atoms with van der Waals surface area (Å²) in [6.45, 7) is 9.44. The maximum atomic E-state index is 3.68. The van der Waals surface area contributed by atoms with Crippen molar-refractivity contribution >= 4 is 0 Å².